The van der Waals surface area contributed by atoms with E-state index < -0.39 is 0 Å². The predicted molar refractivity (Wildman–Crippen MR) is 119 cm³/mol. The fourth-order valence-corrected chi connectivity index (χ4v) is 3.82. The van der Waals surface area contributed by atoms with Crippen molar-refractivity contribution >= 4 is 29.9 Å². The Hall–Kier alpha value is -0.120. The van der Waals surface area contributed by atoms with Crippen molar-refractivity contribution in [2.75, 3.05) is 66.7 Å². The first-order valence-corrected chi connectivity index (χ1v) is 10.0. The summed E-state index contributed by atoms with van der Waals surface area (Å²) in [5.41, 5.74) is 0. The number of likely N-dealkylation sites (tertiary alicyclic amines) is 1. The molecular weight excluding hydrogens is 443 g/mol. The molecular formula is C19H39IN4O2. The van der Waals surface area contributed by atoms with E-state index in [4.69, 9.17) is 14.5 Å². The monoisotopic (exact) mass is 482 g/mol. The molecule has 1 atom stereocenters. The minimum Gasteiger partial charge on any atom is -0.382 e. The first-order valence-electron chi connectivity index (χ1n) is 10.0. The second kappa shape index (κ2) is 14.0. The third-order valence-electron chi connectivity index (χ3n) is 5.37. The van der Waals surface area contributed by atoms with Crippen LogP contribution < -0.4 is 5.32 Å². The number of guanidine groups is 1. The lowest BCUT2D eigenvalue weighted by atomic mass is 10.1. The van der Waals surface area contributed by atoms with Crippen LogP contribution in [-0.2, 0) is 9.47 Å². The molecule has 2 aliphatic rings. The van der Waals surface area contributed by atoms with Crippen LogP contribution in [0.15, 0.2) is 4.99 Å². The van der Waals surface area contributed by atoms with Gasteiger partial charge in [-0.2, -0.15) is 0 Å². The number of nitrogens with zero attached hydrogens (tertiary/aromatic N) is 3. The summed E-state index contributed by atoms with van der Waals surface area (Å²) in [6.45, 7) is 9.29. The number of halogens is 1. The van der Waals surface area contributed by atoms with E-state index in [1.165, 1.54) is 32.1 Å². The number of rotatable bonds is 10. The molecule has 1 saturated heterocycles. The number of ether oxygens (including phenoxy) is 2. The zero-order chi connectivity index (χ0) is 17.9. The van der Waals surface area contributed by atoms with Crippen LogP contribution in [0.25, 0.3) is 0 Å². The van der Waals surface area contributed by atoms with Gasteiger partial charge in [-0.05, 0) is 33.2 Å². The highest BCUT2D eigenvalue weighted by Crippen LogP contribution is 2.22. The lowest BCUT2D eigenvalue weighted by Gasteiger charge is -2.24. The number of likely N-dealkylation sites (N-methyl/N-ethyl adjacent to an activating group) is 1. The Bertz CT molecular complexity index is 392. The maximum absolute atomic E-state index is 5.70. The Labute approximate surface area is 177 Å². The largest absolute Gasteiger partial charge is 0.382 e. The Morgan fingerprint density at radius 2 is 2.00 bits per heavy atom. The Morgan fingerprint density at radius 1 is 1.23 bits per heavy atom. The van der Waals surface area contributed by atoms with Crippen molar-refractivity contribution in [3.05, 3.63) is 0 Å². The van der Waals surface area contributed by atoms with Crippen molar-refractivity contribution in [3.8, 4) is 0 Å². The highest BCUT2D eigenvalue weighted by Gasteiger charge is 2.25. The molecule has 154 valence electrons. The lowest BCUT2D eigenvalue weighted by Crippen LogP contribution is -2.41. The van der Waals surface area contributed by atoms with E-state index in [2.05, 4.69) is 29.1 Å². The Kier molecular flexibility index (Phi) is 12.8. The van der Waals surface area contributed by atoms with Crippen LogP contribution in [-0.4, -0.2) is 88.5 Å². The van der Waals surface area contributed by atoms with Gasteiger partial charge in [0.1, 0.15) is 0 Å². The second-order valence-corrected chi connectivity index (χ2v) is 7.32. The van der Waals surface area contributed by atoms with Gasteiger partial charge >= 0.3 is 0 Å². The summed E-state index contributed by atoms with van der Waals surface area (Å²) in [6, 6.07) is 0.776. The summed E-state index contributed by atoms with van der Waals surface area (Å²) in [4.78, 5) is 9.77. The molecule has 1 aliphatic heterocycles. The SMILES string of the molecule is CCNC(=NCCN(C)C1CCCC1)N1CCC(COCCOC)C1.I. The minimum absolute atomic E-state index is 0. The van der Waals surface area contributed by atoms with Crippen molar-refractivity contribution in [3.63, 3.8) is 0 Å². The normalized spacial score (nSPS) is 21.5. The molecule has 0 aromatic heterocycles. The van der Waals surface area contributed by atoms with E-state index in [-0.39, 0.29) is 24.0 Å². The van der Waals surface area contributed by atoms with Crippen LogP contribution in [0, 0.1) is 5.92 Å². The molecule has 2 rings (SSSR count). The molecule has 6 nitrogen and oxygen atoms in total. The van der Waals surface area contributed by atoms with Crippen LogP contribution in [0.2, 0.25) is 0 Å². The van der Waals surface area contributed by atoms with Gasteiger partial charge in [-0.15, -0.1) is 24.0 Å². The van der Waals surface area contributed by atoms with Crippen molar-refractivity contribution < 1.29 is 9.47 Å². The van der Waals surface area contributed by atoms with Crippen LogP contribution in [0.1, 0.15) is 39.0 Å². The van der Waals surface area contributed by atoms with Gasteiger partial charge in [0.25, 0.3) is 0 Å². The maximum Gasteiger partial charge on any atom is 0.193 e. The quantitative estimate of drug-likeness (QED) is 0.224. The van der Waals surface area contributed by atoms with E-state index in [0.29, 0.717) is 19.1 Å². The zero-order valence-electron chi connectivity index (χ0n) is 16.9. The van der Waals surface area contributed by atoms with Gasteiger partial charge in [-0.1, -0.05) is 12.8 Å². The summed E-state index contributed by atoms with van der Waals surface area (Å²) in [5.74, 6) is 1.67. The van der Waals surface area contributed by atoms with Gasteiger partial charge in [-0.3, -0.25) is 4.99 Å². The molecule has 1 unspecified atom stereocenters. The fourth-order valence-electron chi connectivity index (χ4n) is 3.82. The highest BCUT2D eigenvalue weighted by atomic mass is 127. The maximum atomic E-state index is 5.70. The molecule has 0 aromatic rings. The molecule has 1 aliphatic carbocycles. The first-order chi connectivity index (χ1) is 12.2. The van der Waals surface area contributed by atoms with Crippen LogP contribution >= 0.6 is 24.0 Å². The summed E-state index contributed by atoms with van der Waals surface area (Å²) in [7, 11) is 3.96. The summed E-state index contributed by atoms with van der Waals surface area (Å²) < 4.78 is 10.7. The number of aliphatic imine (C=N–C) groups is 1. The predicted octanol–water partition coefficient (Wildman–Crippen LogP) is 2.43. The third-order valence-corrected chi connectivity index (χ3v) is 5.37. The zero-order valence-corrected chi connectivity index (χ0v) is 19.2. The first kappa shape index (κ1) is 23.9. The molecule has 0 bridgehead atoms. The minimum atomic E-state index is 0. The smallest absolute Gasteiger partial charge is 0.193 e. The number of hydrogen-bond acceptors (Lipinski definition) is 4. The Balaban J connectivity index is 0.00000338. The van der Waals surface area contributed by atoms with Gasteiger partial charge in [0, 0.05) is 45.2 Å². The summed E-state index contributed by atoms with van der Waals surface area (Å²) in [6.07, 6.45) is 6.68. The van der Waals surface area contributed by atoms with Gasteiger partial charge in [0.15, 0.2) is 5.96 Å². The molecule has 0 radical (unpaired) electrons. The van der Waals surface area contributed by atoms with Gasteiger partial charge < -0.3 is 24.6 Å². The highest BCUT2D eigenvalue weighted by molar-refractivity contribution is 14.0. The summed E-state index contributed by atoms with van der Waals surface area (Å²) in [5, 5.41) is 3.46. The van der Waals surface area contributed by atoms with Crippen molar-refractivity contribution in [1.29, 1.82) is 0 Å². The fraction of sp³-hybridized carbons (Fsp3) is 0.947. The third kappa shape index (κ3) is 8.27. The molecule has 26 heavy (non-hydrogen) atoms. The van der Waals surface area contributed by atoms with Gasteiger partial charge in [-0.25, -0.2) is 0 Å². The molecule has 1 saturated carbocycles. The lowest BCUT2D eigenvalue weighted by molar-refractivity contribution is 0.0536. The summed E-state index contributed by atoms with van der Waals surface area (Å²) >= 11 is 0. The van der Waals surface area contributed by atoms with Crippen molar-refractivity contribution in [1.82, 2.24) is 15.1 Å². The van der Waals surface area contributed by atoms with Crippen molar-refractivity contribution in [2.45, 2.75) is 45.1 Å². The molecule has 1 heterocycles. The molecule has 2 fully saturated rings. The number of hydrogen-bond donors (Lipinski definition) is 1. The van der Waals surface area contributed by atoms with E-state index in [1.807, 2.05) is 0 Å². The molecule has 0 spiro atoms. The van der Waals surface area contributed by atoms with Gasteiger partial charge in [0.2, 0.25) is 0 Å². The van der Waals surface area contributed by atoms with Crippen molar-refractivity contribution in [2.24, 2.45) is 10.9 Å². The molecule has 0 aromatic carbocycles. The van der Waals surface area contributed by atoms with Crippen LogP contribution in [0.3, 0.4) is 0 Å². The van der Waals surface area contributed by atoms with Gasteiger partial charge in [0.05, 0.1) is 26.4 Å². The number of methoxy groups -OCH3 is 1. The molecule has 7 heteroatoms. The standard InChI is InChI=1S/C19H38N4O2.HI/c1-4-20-19(21-10-12-22(2)18-7-5-6-8-18)23-11-9-17(15-23)16-25-14-13-24-3;/h17-18H,4-16H2,1-3H3,(H,20,21);1H. The average Bonchev–Trinajstić information content (AvgIpc) is 3.29. The van der Waals surface area contributed by atoms with E-state index >= 15 is 0 Å². The Morgan fingerprint density at radius 3 is 2.69 bits per heavy atom. The van der Waals surface area contributed by atoms with E-state index in [0.717, 1.165) is 51.3 Å². The average molecular weight is 482 g/mol. The number of nitrogens with one attached hydrogen (secondary N) is 1. The molecule has 1 N–H and O–H groups in total. The van der Waals surface area contributed by atoms with E-state index in [9.17, 15) is 0 Å². The molecule has 0 amide bonds. The van der Waals surface area contributed by atoms with Crippen LogP contribution in [0.5, 0.6) is 0 Å². The van der Waals surface area contributed by atoms with Crippen LogP contribution in [0.4, 0.5) is 0 Å². The van der Waals surface area contributed by atoms with E-state index in [1.54, 1.807) is 7.11 Å². The topological polar surface area (TPSA) is 49.3 Å². The second-order valence-electron chi connectivity index (χ2n) is 7.32.